The van der Waals surface area contributed by atoms with Gasteiger partial charge in [-0.25, -0.2) is 0 Å². The molecule has 0 heterocycles. The van der Waals surface area contributed by atoms with Gasteiger partial charge in [-0.15, -0.1) is 0 Å². The number of halogens is 1. The van der Waals surface area contributed by atoms with Crippen LogP contribution in [-0.2, 0) is 4.74 Å². The Bertz CT molecular complexity index is 382. The molecule has 0 saturated carbocycles. The average molecular weight is 376 g/mol. The summed E-state index contributed by atoms with van der Waals surface area (Å²) in [7, 11) is 3.76. The first-order chi connectivity index (χ1) is 9.13. The van der Waals surface area contributed by atoms with Gasteiger partial charge in [0.1, 0.15) is 0 Å². The van der Waals surface area contributed by atoms with Crippen molar-refractivity contribution in [1.82, 2.24) is 10.2 Å². The number of rotatable bonds is 8. The predicted octanol–water partition coefficient (Wildman–Crippen LogP) is 1.99. The summed E-state index contributed by atoms with van der Waals surface area (Å²) in [5, 5.41) is 2.93. The molecule has 1 aromatic carbocycles. The second-order valence-corrected chi connectivity index (χ2v) is 5.66. The van der Waals surface area contributed by atoms with Crippen LogP contribution in [0.2, 0.25) is 0 Å². The number of benzene rings is 1. The summed E-state index contributed by atoms with van der Waals surface area (Å²) < 4.78 is 6.15. The molecule has 0 unspecified atom stereocenters. The minimum absolute atomic E-state index is 0.00376. The molecule has 1 amide bonds. The van der Waals surface area contributed by atoms with Gasteiger partial charge in [0.15, 0.2) is 0 Å². The molecule has 106 valence electrons. The molecular formula is C14H21IN2O2. The largest absolute Gasteiger partial charge is 0.383 e. The fourth-order valence-corrected chi connectivity index (χ4v) is 1.97. The van der Waals surface area contributed by atoms with E-state index >= 15 is 0 Å². The lowest BCUT2D eigenvalue weighted by Gasteiger charge is -2.15. The number of nitrogens with one attached hydrogen (secondary N) is 1. The highest BCUT2D eigenvalue weighted by molar-refractivity contribution is 14.1. The molecule has 4 nitrogen and oxygen atoms in total. The molecule has 0 aliphatic carbocycles. The number of likely N-dealkylation sites (N-methyl/N-ethyl adjacent to an activating group) is 1. The third-order valence-electron chi connectivity index (χ3n) is 2.79. The minimum atomic E-state index is -0.00376. The molecule has 5 heteroatoms. The van der Waals surface area contributed by atoms with Gasteiger partial charge in [0.05, 0.1) is 6.61 Å². The van der Waals surface area contributed by atoms with E-state index in [4.69, 9.17) is 4.74 Å². The normalized spacial score (nSPS) is 10.7. The highest BCUT2D eigenvalue weighted by Gasteiger charge is 2.04. The van der Waals surface area contributed by atoms with Gasteiger partial charge in [0.2, 0.25) is 0 Å². The predicted molar refractivity (Wildman–Crippen MR) is 85.5 cm³/mol. The molecule has 1 aromatic rings. The maximum absolute atomic E-state index is 11.8. The smallest absolute Gasteiger partial charge is 0.251 e. The molecule has 19 heavy (non-hydrogen) atoms. The van der Waals surface area contributed by atoms with Gasteiger partial charge >= 0.3 is 0 Å². The molecule has 0 radical (unpaired) electrons. The lowest BCUT2D eigenvalue weighted by atomic mass is 10.2. The van der Waals surface area contributed by atoms with Crippen LogP contribution in [0.25, 0.3) is 0 Å². The van der Waals surface area contributed by atoms with Gasteiger partial charge in [0, 0.05) is 29.3 Å². The highest BCUT2D eigenvalue weighted by atomic mass is 127. The standard InChI is InChI=1S/C14H21IN2O2/c1-17(10-11-19-2)9-3-8-16-14(18)12-4-6-13(15)7-5-12/h4-7H,3,8-11H2,1-2H3,(H,16,18). The third-order valence-corrected chi connectivity index (χ3v) is 3.50. The lowest BCUT2D eigenvalue weighted by Crippen LogP contribution is -2.29. The van der Waals surface area contributed by atoms with Crippen LogP contribution in [0.15, 0.2) is 24.3 Å². The van der Waals surface area contributed by atoms with Crippen molar-refractivity contribution >= 4 is 28.5 Å². The fourth-order valence-electron chi connectivity index (χ4n) is 1.61. The van der Waals surface area contributed by atoms with Gasteiger partial charge in [0.25, 0.3) is 5.91 Å². The van der Waals surface area contributed by atoms with E-state index in [-0.39, 0.29) is 5.91 Å². The summed E-state index contributed by atoms with van der Waals surface area (Å²) in [5.74, 6) is -0.00376. The Morgan fingerprint density at radius 1 is 1.32 bits per heavy atom. The topological polar surface area (TPSA) is 41.6 Å². The second kappa shape index (κ2) is 9.28. The molecule has 0 saturated heterocycles. The maximum atomic E-state index is 11.8. The van der Waals surface area contributed by atoms with Gasteiger partial charge in [-0.2, -0.15) is 0 Å². The van der Waals surface area contributed by atoms with Crippen LogP contribution in [0.4, 0.5) is 0 Å². The Labute approximate surface area is 128 Å². The molecule has 0 aliphatic rings. The summed E-state index contributed by atoms with van der Waals surface area (Å²) in [6, 6.07) is 7.58. The van der Waals surface area contributed by atoms with Crippen LogP contribution < -0.4 is 5.32 Å². The zero-order valence-corrected chi connectivity index (χ0v) is 13.6. The first-order valence-electron chi connectivity index (χ1n) is 6.34. The van der Waals surface area contributed by atoms with Crippen LogP contribution >= 0.6 is 22.6 Å². The third kappa shape index (κ3) is 6.89. The van der Waals surface area contributed by atoms with Crippen molar-refractivity contribution in [3.63, 3.8) is 0 Å². The number of carbonyl (C=O) groups is 1. The Hall–Kier alpha value is -0.660. The number of methoxy groups -OCH3 is 1. The number of ether oxygens (including phenoxy) is 1. The molecule has 0 aromatic heterocycles. The first kappa shape index (κ1) is 16.4. The van der Waals surface area contributed by atoms with E-state index < -0.39 is 0 Å². The Balaban J connectivity index is 2.18. The Kier molecular flexibility index (Phi) is 8.00. The number of hydrogen-bond acceptors (Lipinski definition) is 3. The lowest BCUT2D eigenvalue weighted by molar-refractivity contribution is 0.0951. The average Bonchev–Trinajstić information content (AvgIpc) is 2.41. The number of nitrogens with zero attached hydrogens (tertiary/aromatic N) is 1. The van der Waals surface area contributed by atoms with Crippen LogP contribution in [0, 0.1) is 3.57 Å². The second-order valence-electron chi connectivity index (χ2n) is 4.41. The van der Waals surface area contributed by atoms with Crippen molar-refractivity contribution in [2.75, 3.05) is 40.4 Å². The van der Waals surface area contributed by atoms with Crippen LogP contribution in [-0.4, -0.2) is 51.2 Å². The summed E-state index contributed by atoms with van der Waals surface area (Å²) in [6.07, 6.45) is 0.941. The maximum Gasteiger partial charge on any atom is 0.251 e. The van der Waals surface area contributed by atoms with E-state index in [0.29, 0.717) is 12.1 Å². The van der Waals surface area contributed by atoms with E-state index in [2.05, 4.69) is 39.9 Å². The van der Waals surface area contributed by atoms with E-state index in [1.165, 1.54) is 0 Å². The van der Waals surface area contributed by atoms with E-state index in [0.717, 1.165) is 29.7 Å². The Morgan fingerprint density at radius 2 is 2.00 bits per heavy atom. The molecule has 0 fully saturated rings. The van der Waals surface area contributed by atoms with Crippen molar-refractivity contribution < 1.29 is 9.53 Å². The van der Waals surface area contributed by atoms with Crippen molar-refractivity contribution in [2.24, 2.45) is 0 Å². The summed E-state index contributed by atoms with van der Waals surface area (Å²) in [4.78, 5) is 14.0. The summed E-state index contributed by atoms with van der Waals surface area (Å²) in [6.45, 7) is 3.31. The zero-order valence-electron chi connectivity index (χ0n) is 11.5. The van der Waals surface area contributed by atoms with Crippen LogP contribution in [0.1, 0.15) is 16.8 Å². The zero-order chi connectivity index (χ0) is 14.1. The van der Waals surface area contributed by atoms with E-state index in [9.17, 15) is 4.79 Å². The molecule has 0 atom stereocenters. The number of hydrogen-bond donors (Lipinski definition) is 1. The molecule has 1 N–H and O–H groups in total. The quantitative estimate of drug-likeness (QED) is 0.558. The highest BCUT2D eigenvalue weighted by Crippen LogP contribution is 2.06. The van der Waals surface area contributed by atoms with Crippen molar-refractivity contribution in [3.05, 3.63) is 33.4 Å². The van der Waals surface area contributed by atoms with E-state index in [1.54, 1.807) is 7.11 Å². The number of carbonyl (C=O) groups excluding carboxylic acids is 1. The fraction of sp³-hybridized carbons (Fsp3) is 0.500. The van der Waals surface area contributed by atoms with Gasteiger partial charge in [-0.3, -0.25) is 4.79 Å². The van der Waals surface area contributed by atoms with Gasteiger partial charge in [-0.05, 0) is 66.9 Å². The van der Waals surface area contributed by atoms with E-state index in [1.807, 2.05) is 24.3 Å². The molecule has 0 aliphatic heterocycles. The van der Waals surface area contributed by atoms with Crippen molar-refractivity contribution in [3.8, 4) is 0 Å². The minimum Gasteiger partial charge on any atom is -0.383 e. The number of amides is 1. The molecular weight excluding hydrogens is 355 g/mol. The first-order valence-corrected chi connectivity index (χ1v) is 7.42. The molecule has 0 spiro atoms. The summed E-state index contributed by atoms with van der Waals surface area (Å²) >= 11 is 2.23. The summed E-state index contributed by atoms with van der Waals surface area (Å²) in [5.41, 5.74) is 0.716. The van der Waals surface area contributed by atoms with Crippen molar-refractivity contribution in [1.29, 1.82) is 0 Å². The molecule has 1 rings (SSSR count). The SMILES string of the molecule is COCCN(C)CCCNC(=O)c1ccc(I)cc1. The van der Waals surface area contributed by atoms with Gasteiger partial charge in [-0.1, -0.05) is 0 Å². The monoisotopic (exact) mass is 376 g/mol. The molecule has 0 bridgehead atoms. The van der Waals surface area contributed by atoms with Gasteiger partial charge < -0.3 is 15.0 Å². The van der Waals surface area contributed by atoms with Crippen LogP contribution in [0.3, 0.4) is 0 Å². The van der Waals surface area contributed by atoms with Crippen molar-refractivity contribution in [2.45, 2.75) is 6.42 Å². The Morgan fingerprint density at radius 3 is 2.63 bits per heavy atom. The van der Waals surface area contributed by atoms with Crippen LogP contribution in [0.5, 0.6) is 0 Å².